The van der Waals surface area contributed by atoms with Crippen molar-refractivity contribution >= 4 is 46.6 Å². The van der Waals surface area contributed by atoms with Crippen LogP contribution in [0.25, 0.3) is 0 Å². The number of likely N-dealkylation sites (N-methyl/N-ethyl adjacent to an activating group) is 1. The minimum atomic E-state index is -1.24. The van der Waals surface area contributed by atoms with Crippen molar-refractivity contribution < 1.29 is 38.6 Å². The number of likely N-dealkylation sites (tertiary alicyclic amines) is 1. The first-order valence-electron chi connectivity index (χ1n) is 23.0. The van der Waals surface area contributed by atoms with Gasteiger partial charge in [-0.05, 0) is 89.1 Å². The Bertz CT molecular complexity index is 1810. The van der Waals surface area contributed by atoms with E-state index in [0.717, 1.165) is 62.8 Å². The first kappa shape index (κ1) is 53.3. The van der Waals surface area contributed by atoms with Gasteiger partial charge >= 0.3 is 5.97 Å². The lowest BCUT2D eigenvalue weighted by molar-refractivity contribution is -0.147. The predicted octanol–water partition coefficient (Wildman–Crippen LogP) is 6.93. The highest BCUT2D eigenvalue weighted by Gasteiger charge is 2.38. The number of thiazole rings is 1. The molecule has 0 radical (unpaired) electrons. The van der Waals surface area contributed by atoms with Gasteiger partial charge in [-0.15, -0.1) is 11.3 Å². The summed E-state index contributed by atoms with van der Waals surface area (Å²) in [6, 6.07) is 2.22. The summed E-state index contributed by atoms with van der Waals surface area (Å²) in [7, 11) is 1.95. The molecule has 1 aliphatic heterocycles. The van der Waals surface area contributed by atoms with Gasteiger partial charge in [0.2, 0.25) is 17.7 Å². The normalized spacial score (nSPS) is 17.1. The Labute approximate surface area is 378 Å². The average molecular weight is 902 g/mol. The SMILES string of the molecule is CCCCCCN(C(=O)[C@@H](NC(=O)[C@H]1CCCCN1C)[C@@H](C)CC)[C@H](C[C@@H](O)c1nc(C(=O)N[C@@H](Cc2ccc(NC(=O)CNC(C)C)c(F)c2)CC(C)(C)C(=O)O)cs1)C(C)C. The van der Waals surface area contributed by atoms with E-state index in [1.165, 1.54) is 17.5 Å². The molecule has 6 atom stereocenters. The molecule has 2 heterocycles. The number of halogens is 1. The number of hydrogen-bond donors (Lipinski definition) is 6. The van der Waals surface area contributed by atoms with Crippen LogP contribution < -0.4 is 21.3 Å². The fraction of sp³-hybridized carbons (Fsp3) is 0.702. The van der Waals surface area contributed by atoms with Crippen LogP contribution in [0, 0.1) is 23.1 Å². The van der Waals surface area contributed by atoms with E-state index in [1.807, 2.05) is 53.5 Å². The number of carboxylic acid groups (broad SMARTS) is 1. The zero-order valence-corrected chi connectivity index (χ0v) is 40.2. The third-order valence-electron chi connectivity index (χ3n) is 12.2. The van der Waals surface area contributed by atoms with Crippen LogP contribution in [0.1, 0.15) is 154 Å². The average Bonchev–Trinajstić information content (AvgIpc) is 3.73. The standard InChI is InChI=1S/C47H76FN7O7S/c1-11-13-14-16-22-55(45(60)41(31(7)12-2)53-43(59)37-18-15-17-21-54(37)10)38(29(3)4)25-39(56)44-52-36(28-63-44)42(58)50-33(26-47(8,9)46(61)62)23-32-19-20-35(34(48)24-32)51-40(57)27-49-30(5)6/h19-20,24,28-31,33,37-39,41,49,56H,11-18,21-23,25-27H2,1-10H3,(H,50,58)(H,51,57)(H,53,59)(H,61,62)/t31-,33-,37+,38+,39+,41-/m0/s1. The largest absolute Gasteiger partial charge is 0.481 e. The van der Waals surface area contributed by atoms with Gasteiger partial charge in [-0.3, -0.25) is 28.9 Å². The second-order valence-electron chi connectivity index (χ2n) is 18.8. The maximum absolute atomic E-state index is 15.2. The van der Waals surface area contributed by atoms with Gasteiger partial charge in [-0.2, -0.15) is 0 Å². The van der Waals surface area contributed by atoms with Crippen LogP contribution in [0.3, 0.4) is 0 Å². The van der Waals surface area contributed by atoms with Gasteiger partial charge < -0.3 is 36.4 Å². The molecule has 6 N–H and O–H groups in total. The molecule has 1 aromatic carbocycles. The Morgan fingerprint density at radius 1 is 1.03 bits per heavy atom. The smallest absolute Gasteiger partial charge is 0.309 e. The molecular formula is C47H76FN7O7S. The molecule has 4 amide bonds. The maximum Gasteiger partial charge on any atom is 0.309 e. The minimum Gasteiger partial charge on any atom is -0.481 e. The number of aliphatic hydroxyl groups excluding tert-OH is 1. The number of piperidine rings is 1. The highest BCUT2D eigenvalue weighted by atomic mass is 32.1. The maximum atomic E-state index is 15.2. The number of benzene rings is 1. The summed E-state index contributed by atoms with van der Waals surface area (Å²) in [5.41, 5.74) is -0.724. The molecule has 1 fully saturated rings. The predicted molar refractivity (Wildman–Crippen MR) is 247 cm³/mol. The number of aliphatic carboxylic acids is 1. The molecule has 0 bridgehead atoms. The molecule has 354 valence electrons. The van der Waals surface area contributed by atoms with Gasteiger partial charge in [-0.25, -0.2) is 9.37 Å². The van der Waals surface area contributed by atoms with E-state index in [-0.39, 0.29) is 72.9 Å². The Balaban J connectivity index is 1.84. The number of aromatic nitrogens is 1. The van der Waals surface area contributed by atoms with Gasteiger partial charge in [0.25, 0.3) is 5.91 Å². The van der Waals surface area contributed by atoms with Crippen LogP contribution in [-0.2, 0) is 25.6 Å². The van der Waals surface area contributed by atoms with E-state index >= 15 is 4.39 Å². The van der Waals surface area contributed by atoms with E-state index in [2.05, 4.69) is 38.1 Å². The van der Waals surface area contributed by atoms with Crippen molar-refractivity contribution in [3.8, 4) is 0 Å². The van der Waals surface area contributed by atoms with Crippen molar-refractivity contribution in [2.24, 2.45) is 17.3 Å². The number of carbonyl (C=O) groups is 5. The monoisotopic (exact) mass is 902 g/mol. The van der Waals surface area contributed by atoms with E-state index in [0.29, 0.717) is 23.5 Å². The molecule has 0 unspecified atom stereocenters. The molecule has 0 aliphatic carbocycles. The summed E-state index contributed by atoms with van der Waals surface area (Å²) >= 11 is 1.12. The number of nitrogens with one attached hydrogen (secondary N) is 4. The number of unbranched alkanes of at least 4 members (excludes halogenated alkanes) is 3. The van der Waals surface area contributed by atoms with E-state index in [9.17, 15) is 34.2 Å². The Hall–Kier alpha value is -3.99. The van der Waals surface area contributed by atoms with Gasteiger partial charge in [0.15, 0.2) is 0 Å². The van der Waals surface area contributed by atoms with Crippen molar-refractivity contribution in [3.63, 3.8) is 0 Å². The molecule has 63 heavy (non-hydrogen) atoms. The number of anilines is 1. The minimum absolute atomic E-state index is 0.00259. The number of nitrogens with zero attached hydrogens (tertiary/aromatic N) is 3. The third-order valence-corrected chi connectivity index (χ3v) is 13.1. The Kier molecular flexibility index (Phi) is 21.6. The molecule has 0 spiro atoms. The highest BCUT2D eigenvalue weighted by Crippen LogP contribution is 2.30. The van der Waals surface area contributed by atoms with Crippen molar-refractivity contribution in [1.29, 1.82) is 0 Å². The van der Waals surface area contributed by atoms with E-state index in [4.69, 9.17) is 0 Å². The van der Waals surface area contributed by atoms with Crippen LogP contribution in [0.4, 0.5) is 10.1 Å². The van der Waals surface area contributed by atoms with Crippen molar-refractivity contribution in [2.75, 3.05) is 32.0 Å². The second-order valence-corrected chi connectivity index (χ2v) is 19.6. The summed E-state index contributed by atoms with van der Waals surface area (Å²) in [6.45, 7) is 18.3. The molecule has 2 aromatic rings. The topological polar surface area (TPSA) is 193 Å². The van der Waals surface area contributed by atoms with Gasteiger partial charge in [0.05, 0.1) is 23.7 Å². The summed E-state index contributed by atoms with van der Waals surface area (Å²) in [6.07, 6.45) is 6.34. The Morgan fingerprint density at radius 2 is 1.75 bits per heavy atom. The van der Waals surface area contributed by atoms with Crippen LogP contribution in [-0.4, -0.2) is 111 Å². The van der Waals surface area contributed by atoms with Crippen LogP contribution >= 0.6 is 11.3 Å². The van der Waals surface area contributed by atoms with Gasteiger partial charge in [0.1, 0.15) is 28.7 Å². The highest BCUT2D eigenvalue weighted by molar-refractivity contribution is 7.09. The van der Waals surface area contributed by atoms with Crippen LogP contribution in [0.5, 0.6) is 0 Å². The summed E-state index contributed by atoms with van der Waals surface area (Å²) in [5.74, 6) is -3.20. The molecule has 1 aromatic heterocycles. The second kappa shape index (κ2) is 25.5. The van der Waals surface area contributed by atoms with Crippen molar-refractivity contribution in [1.82, 2.24) is 30.7 Å². The number of carboxylic acids is 1. The summed E-state index contributed by atoms with van der Waals surface area (Å²) in [5, 5.41) is 35.1. The third kappa shape index (κ3) is 16.5. The zero-order valence-electron chi connectivity index (χ0n) is 39.4. The molecule has 1 aliphatic rings. The number of amides is 4. The lowest BCUT2D eigenvalue weighted by atomic mass is 9.84. The van der Waals surface area contributed by atoms with Crippen LogP contribution in [0.15, 0.2) is 23.6 Å². The fourth-order valence-electron chi connectivity index (χ4n) is 8.00. The number of carbonyl (C=O) groups excluding carboxylic acids is 4. The number of aliphatic hydroxyl groups is 1. The summed E-state index contributed by atoms with van der Waals surface area (Å²) < 4.78 is 15.2. The zero-order chi connectivity index (χ0) is 47.0. The molecular weight excluding hydrogens is 826 g/mol. The number of rotatable bonds is 26. The first-order valence-corrected chi connectivity index (χ1v) is 23.9. The summed E-state index contributed by atoms with van der Waals surface area (Å²) in [4.78, 5) is 75.1. The molecule has 1 saturated heterocycles. The lowest BCUT2D eigenvalue weighted by Crippen LogP contribution is -2.58. The number of hydrogen-bond acceptors (Lipinski definition) is 10. The Morgan fingerprint density at radius 3 is 2.35 bits per heavy atom. The van der Waals surface area contributed by atoms with E-state index < -0.39 is 53.2 Å². The van der Waals surface area contributed by atoms with Crippen molar-refractivity contribution in [3.05, 3.63) is 45.7 Å². The molecule has 14 nitrogen and oxygen atoms in total. The molecule has 3 rings (SSSR count). The van der Waals surface area contributed by atoms with Crippen molar-refractivity contribution in [2.45, 2.75) is 169 Å². The van der Waals surface area contributed by atoms with Gasteiger partial charge in [-0.1, -0.05) is 86.6 Å². The fourth-order valence-corrected chi connectivity index (χ4v) is 8.80. The van der Waals surface area contributed by atoms with Gasteiger partial charge in [0, 0.05) is 36.5 Å². The molecule has 16 heteroatoms. The molecule has 0 saturated carbocycles. The lowest BCUT2D eigenvalue weighted by Gasteiger charge is -2.40. The van der Waals surface area contributed by atoms with E-state index in [1.54, 1.807) is 19.9 Å². The van der Waals surface area contributed by atoms with Crippen LogP contribution in [0.2, 0.25) is 0 Å². The quantitative estimate of drug-likeness (QED) is 0.0540. The first-order chi connectivity index (χ1) is 29.7.